The molecule has 0 bridgehead atoms. The van der Waals surface area contributed by atoms with Crippen molar-refractivity contribution < 1.29 is 0 Å². The van der Waals surface area contributed by atoms with Crippen LogP contribution >= 0.6 is 19.7 Å². The molecular formula is C20H21ClP+. The van der Waals surface area contributed by atoms with Crippen LogP contribution in [0.15, 0.2) is 91.0 Å². The summed E-state index contributed by atoms with van der Waals surface area (Å²) in [7, 11) is -1.40. The molecule has 22 heavy (non-hydrogen) atoms. The largest absolute Gasteiger partial charge is 0.147 e. The zero-order valence-corrected chi connectivity index (χ0v) is 14.4. The lowest BCUT2D eigenvalue weighted by atomic mass is 10.2. The normalized spacial score (nSPS) is 10.8. The van der Waals surface area contributed by atoms with Crippen LogP contribution < -0.4 is 10.6 Å². The molecule has 0 saturated carbocycles. The van der Waals surface area contributed by atoms with E-state index in [4.69, 9.17) is 0 Å². The van der Waals surface area contributed by atoms with Gasteiger partial charge in [-0.1, -0.05) is 66.7 Å². The molecule has 3 aromatic rings. The van der Waals surface area contributed by atoms with Gasteiger partial charge in [-0.3, -0.25) is 0 Å². The van der Waals surface area contributed by atoms with Crippen LogP contribution in [0.2, 0.25) is 0 Å². The van der Waals surface area contributed by atoms with E-state index in [1.54, 1.807) is 0 Å². The Morgan fingerprint density at radius 2 is 0.955 bits per heavy atom. The molecule has 3 rings (SSSR count). The smallest absolute Gasteiger partial charge is 0.0992 e. The van der Waals surface area contributed by atoms with E-state index in [1.165, 1.54) is 16.2 Å². The summed E-state index contributed by atoms with van der Waals surface area (Å²) in [6, 6.07) is 32.8. The zero-order chi connectivity index (χ0) is 14.5. The molecule has 0 fully saturated rings. The Labute approximate surface area is 140 Å². The predicted molar refractivity (Wildman–Crippen MR) is 102 cm³/mol. The standard InChI is InChI=1S/C20H20P.ClH/c1-21(19-13-7-3-8-14-19,20-15-9-4-10-16-20)17-18-11-5-2-6-12-18;/h2-16H,17H2,1H3;1H/q+1;. The fraction of sp³-hybridized carbons (Fsp3) is 0.100. The average Bonchev–Trinajstić information content (AvgIpc) is 2.57. The first-order valence-electron chi connectivity index (χ1n) is 7.30. The molecule has 0 radical (unpaired) electrons. The van der Waals surface area contributed by atoms with E-state index in [9.17, 15) is 0 Å². The van der Waals surface area contributed by atoms with Crippen molar-refractivity contribution in [3.8, 4) is 0 Å². The number of benzene rings is 3. The predicted octanol–water partition coefficient (Wildman–Crippen LogP) is 4.91. The number of halogens is 1. The molecule has 0 amide bonds. The Bertz CT molecular complexity index is 641. The molecule has 0 spiro atoms. The minimum atomic E-state index is -1.40. The van der Waals surface area contributed by atoms with Crippen LogP contribution in [0.5, 0.6) is 0 Å². The second-order valence-electron chi connectivity index (χ2n) is 5.51. The summed E-state index contributed by atoms with van der Waals surface area (Å²) in [5.74, 6) is 0. The van der Waals surface area contributed by atoms with Gasteiger partial charge in [-0.2, -0.15) is 0 Å². The molecule has 0 aliphatic carbocycles. The molecule has 0 aromatic heterocycles. The van der Waals surface area contributed by atoms with Gasteiger partial charge in [0.05, 0.1) is 30.7 Å². The Hall–Kier alpha value is -1.62. The average molecular weight is 328 g/mol. The van der Waals surface area contributed by atoms with Gasteiger partial charge in [-0.15, -0.1) is 12.4 Å². The molecular weight excluding hydrogens is 307 g/mol. The minimum Gasteiger partial charge on any atom is -0.147 e. The molecule has 0 atom stereocenters. The molecule has 0 N–H and O–H groups in total. The summed E-state index contributed by atoms with van der Waals surface area (Å²) in [5, 5.41) is 2.94. The highest BCUT2D eigenvalue weighted by atomic mass is 35.5. The molecule has 0 nitrogen and oxygen atoms in total. The summed E-state index contributed by atoms with van der Waals surface area (Å²) in [4.78, 5) is 0. The van der Waals surface area contributed by atoms with Crippen molar-refractivity contribution in [1.82, 2.24) is 0 Å². The van der Waals surface area contributed by atoms with Crippen LogP contribution in [0, 0.1) is 0 Å². The lowest BCUT2D eigenvalue weighted by molar-refractivity contribution is 1.39. The van der Waals surface area contributed by atoms with E-state index in [0.717, 1.165) is 6.16 Å². The van der Waals surface area contributed by atoms with E-state index < -0.39 is 7.26 Å². The van der Waals surface area contributed by atoms with Crippen molar-refractivity contribution in [3.05, 3.63) is 96.6 Å². The van der Waals surface area contributed by atoms with Gasteiger partial charge in [0.1, 0.15) is 0 Å². The lowest BCUT2D eigenvalue weighted by Gasteiger charge is -2.23. The Morgan fingerprint density at radius 3 is 1.36 bits per heavy atom. The van der Waals surface area contributed by atoms with Gasteiger partial charge in [-0.25, -0.2) is 0 Å². The van der Waals surface area contributed by atoms with Gasteiger partial charge in [0.25, 0.3) is 0 Å². The highest BCUT2D eigenvalue weighted by Gasteiger charge is 2.37. The lowest BCUT2D eigenvalue weighted by Crippen LogP contribution is -2.22. The first-order valence-corrected chi connectivity index (χ1v) is 9.72. The second-order valence-corrected chi connectivity index (χ2v) is 9.24. The molecule has 0 saturated heterocycles. The van der Waals surface area contributed by atoms with Crippen molar-refractivity contribution in [2.75, 3.05) is 6.66 Å². The van der Waals surface area contributed by atoms with Crippen LogP contribution in [0.25, 0.3) is 0 Å². The molecule has 0 unspecified atom stereocenters. The first kappa shape index (κ1) is 16.7. The highest BCUT2D eigenvalue weighted by molar-refractivity contribution is 7.88. The summed E-state index contributed by atoms with van der Waals surface area (Å²) in [6.45, 7) is 2.45. The zero-order valence-electron chi connectivity index (χ0n) is 12.7. The Morgan fingerprint density at radius 1 is 0.591 bits per heavy atom. The van der Waals surface area contributed by atoms with Gasteiger partial charge in [0.15, 0.2) is 0 Å². The van der Waals surface area contributed by atoms with E-state index in [-0.39, 0.29) is 12.4 Å². The van der Waals surface area contributed by atoms with E-state index in [1.807, 2.05) is 0 Å². The van der Waals surface area contributed by atoms with Gasteiger partial charge < -0.3 is 0 Å². The van der Waals surface area contributed by atoms with E-state index in [2.05, 4.69) is 97.7 Å². The fourth-order valence-corrected chi connectivity index (χ4v) is 6.06. The fourth-order valence-electron chi connectivity index (χ4n) is 2.79. The molecule has 2 heteroatoms. The van der Waals surface area contributed by atoms with Crippen molar-refractivity contribution in [3.63, 3.8) is 0 Å². The highest BCUT2D eigenvalue weighted by Crippen LogP contribution is 2.55. The van der Waals surface area contributed by atoms with Crippen LogP contribution in [-0.2, 0) is 6.16 Å². The number of hydrogen-bond donors (Lipinski definition) is 0. The van der Waals surface area contributed by atoms with Gasteiger partial charge >= 0.3 is 0 Å². The van der Waals surface area contributed by atoms with Gasteiger partial charge in [-0.05, 0) is 29.8 Å². The summed E-state index contributed by atoms with van der Waals surface area (Å²) < 4.78 is 0. The molecule has 0 aliphatic heterocycles. The van der Waals surface area contributed by atoms with Crippen LogP contribution in [0.1, 0.15) is 5.56 Å². The van der Waals surface area contributed by atoms with E-state index in [0.29, 0.717) is 0 Å². The molecule has 112 valence electrons. The van der Waals surface area contributed by atoms with Crippen LogP contribution in [0.3, 0.4) is 0 Å². The minimum absolute atomic E-state index is 0. The quantitative estimate of drug-likeness (QED) is 0.597. The third-order valence-corrected chi connectivity index (χ3v) is 7.87. The van der Waals surface area contributed by atoms with E-state index >= 15 is 0 Å². The third-order valence-electron chi connectivity index (χ3n) is 3.99. The van der Waals surface area contributed by atoms with Gasteiger partial charge in [0.2, 0.25) is 0 Å². The first-order chi connectivity index (χ1) is 10.3. The molecule has 0 aliphatic rings. The third kappa shape index (κ3) is 3.58. The molecule has 0 heterocycles. The maximum Gasteiger partial charge on any atom is 0.0992 e. The van der Waals surface area contributed by atoms with Crippen molar-refractivity contribution >= 4 is 30.3 Å². The summed E-state index contributed by atoms with van der Waals surface area (Å²) in [5.41, 5.74) is 1.42. The SMILES string of the molecule is C[P+](Cc1ccccc1)(c1ccccc1)c1ccccc1.Cl. The van der Waals surface area contributed by atoms with Crippen molar-refractivity contribution in [2.45, 2.75) is 6.16 Å². The summed E-state index contributed by atoms with van der Waals surface area (Å²) in [6.07, 6.45) is 1.11. The van der Waals surface area contributed by atoms with Gasteiger partial charge in [0, 0.05) is 0 Å². The number of rotatable bonds is 4. The monoisotopic (exact) mass is 327 g/mol. The van der Waals surface area contributed by atoms with Crippen molar-refractivity contribution in [1.29, 1.82) is 0 Å². The number of hydrogen-bond acceptors (Lipinski definition) is 0. The Kier molecular flexibility index (Phi) is 5.77. The van der Waals surface area contributed by atoms with Crippen molar-refractivity contribution in [2.24, 2.45) is 0 Å². The maximum atomic E-state index is 2.45. The van der Waals surface area contributed by atoms with Crippen LogP contribution in [-0.4, -0.2) is 6.66 Å². The second kappa shape index (κ2) is 7.58. The topological polar surface area (TPSA) is 0 Å². The molecule has 3 aromatic carbocycles. The maximum absolute atomic E-state index is 2.45. The Balaban J connectivity index is 0.00000176. The van der Waals surface area contributed by atoms with Crippen LogP contribution in [0.4, 0.5) is 0 Å². The summed E-state index contributed by atoms with van der Waals surface area (Å²) >= 11 is 0.